The highest BCUT2D eigenvalue weighted by molar-refractivity contribution is 6.30. The predicted molar refractivity (Wildman–Crippen MR) is 92.9 cm³/mol. The summed E-state index contributed by atoms with van der Waals surface area (Å²) in [5.74, 6) is 1.93. The predicted octanol–water partition coefficient (Wildman–Crippen LogP) is 4.03. The van der Waals surface area contributed by atoms with E-state index in [0.717, 1.165) is 17.9 Å². The van der Waals surface area contributed by atoms with Gasteiger partial charge in [0.25, 0.3) is 0 Å². The number of methoxy groups -OCH3 is 1. The first-order valence-electron chi connectivity index (χ1n) is 7.54. The average molecular weight is 344 g/mol. The Morgan fingerprint density at radius 2 is 1.71 bits per heavy atom. The van der Waals surface area contributed by atoms with E-state index in [0.29, 0.717) is 23.3 Å². The Bertz CT molecular complexity index is 785. The molecule has 0 saturated carbocycles. The first-order chi connectivity index (χ1) is 11.6. The van der Waals surface area contributed by atoms with Gasteiger partial charge in [-0.1, -0.05) is 23.7 Å². The molecule has 0 amide bonds. The van der Waals surface area contributed by atoms with E-state index in [-0.39, 0.29) is 0 Å². The number of ether oxygens (including phenoxy) is 1. The van der Waals surface area contributed by atoms with Crippen molar-refractivity contribution in [2.45, 2.75) is 13.1 Å². The average Bonchev–Trinajstić information content (AvgIpc) is 3.04. The van der Waals surface area contributed by atoms with Crippen LogP contribution in [0.2, 0.25) is 5.02 Å². The molecule has 0 atom stereocenters. The normalized spacial score (nSPS) is 11.0. The van der Waals surface area contributed by atoms with Gasteiger partial charge in [-0.25, -0.2) is 0 Å². The Morgan fingerprint density at radius 1 is 1.00 bits per heavy atom. The van der Waals surface area contributed by atoms with E-state index in [4.69, 9.17) is 20.8 Å². The first kappa shape index (κ1) is 16.5. The zero-order chi connectivity index (χ0) is 16.9. The molecule has 6 heteroatoms. The Kier molecular flexibility index (Phi) is 5.13. The molecular formula is C18H18ClN3O2. The maximum atomic E-state index is 5.89. The van der Waals surface area contributed by atoms with Crippen LogP contribution in [-0.2, 0) is 13.1 Å². The molecule has 0 aliphatic heterocycles. The second-order valence-electron chi connectivity index (χ2n) is 5.53. The molecule has 3 aromatic rings. The van der Waals surface area contributed by atoms with Crippen LogP contribution in [-0.4, -0.2) is 29.3 Å². The van der Waals surface area contributed by atoms with Crippen molar-refractivity contribution in [3.05, 3.63) is 65.0 Å². The first-order valence-corrected chi connectivity index (χ1v) is 7.91. The van der Waals surface area contributed by atoms with Crippen LogP contribution in [0, 0.1) is 0 Å². The third-order valence-electron chi connectivity index (χ3n) is 3.57. The number of benzene rings is 2. The number of rotatable bonds is 6. The minimum absolute atomic E-state index is 0.500. The summed E-state index contributed by atoms with van der Waals surface area (Å²) in [6, 6.07) is 15.3. The molecule has 0 N–H and O–H groups in total. The molecule has 0 unspecified atom stereocenters. The lowest BCUT2D eigenvalue weighted by molar-refractivity contribution is 0.282. The summed E-state index contributed by atoms with van der Waals surface area (Å²) in [5, 5.41) is 8.89. The van der Waals surface area contributed by atoms with Crippen molar-refractivity contribution in [2.75, 3.05) is 14.2 Å². The molecule has 0 fully saturated rings. The quantitative estimate of drug-likeness (QED) is 0.676. The zero-order valence-electron chi connectivity index (χ0n) is 13.6. The summed E-state index contributed by atoms with van der Waals surface area (Å²) in [7, 11) is 3.67. The van der Waals surface area contributed by atoms with Gasteiger partial charge in [-0.2, -0.15) is 0 Å². The summed E-state index contributed by atoms with van der Waals surface area (Å²) in [5.41, 5.74) is 2.05. The Hall–Kier alpha value is -2.37. The minimum Gasteiger partial charge on any atom is -0.497 e. The van der Waals surface area contributed by atoms with E-state index in [2.05, 4.69) is 15.1 Å². The van der Waals surface area contributed by atoms with Crippen LogP contribution in [0.25, 0.3) is 11.5 Å². The van der Waals surface area contributed by atoms with Crippen LogP contribution < -0.4 is 4.74 Å². The van der Waals surface area contributed by atoms with Gasteiger partial charge >= 0.3 is 0 Å². The summed E-state index contributed by atoms with van der Waals surface area (Å²) in [4.78, 5) is 2.11. The van der Waals surface area contributed by atoms with E-state index in [1.807, 2.05) is 43.4 Å². The molecule has 2 aromatic carbocycles. The van der Waals surface area contributed by atoms with Crippen molar-refractivity contribution < 1.29 is 9.15 Å². The molecule has 0 radical (unpaired) electrons. The number of hydrogen-bond donors (Lipinski definition) is 0. The lowest BCUT2D eigenvalue weighted by Gasteiger charge is -2.14. The highest BCUT2D eigenvalue weighted by Crippen LogP contribution is 2.21. The van der Waals surface area contributed by atoms with Crippen molar-refractivity contribution in [1.29, 1.82) is 0 Å². The fraction of sp³-hybridized carbons (Fsp3) is 0.222. The number of aromatic nitrogens is 2. The molecule has 0 bridgehead atoms. The molecule has 24 heavy (non-hydrogen) atoms. The standard InChI is InChI=1S/C18H18ClN3O2/c1-22(11-13-3-9-16(23-2)10-4-13)12-17-20-21-18(24-17)14-5-7-15(19)8-6-14/h3-10H,11-12H2,1-2H3. The maximum absolute atomic E-state index is 5.89. The van der Waals surface area contributed by atoms with Crippen molar-refractivity contribution in [1.82, 2.24) is 15.1 Å². The third kappa shape index (κ3) is 4.13. The van der Waals surface area contributed by atoms with Gasteiger partial charge in [0.1, 0.15) is 5.75 Å². The maximum Gasteiger partial charge on any atom is 0.247 e. The second kappa shape index (κ2) is 7.47. The smallest absolute Gasteiger partial charge is 0.247 e. The van der Waals surface area contributed by atoms with Gasteiger partial charge in [-0.15, -0.1) is 10.2 Å². The molecule has 1 aromatic heterocycles. The van der Waals surface area contributed by atoms with Crippen molar-refractivity contribution >= 4 is 11.6 Å². The van der Waals surface area contributed by atoms with E-state index >= 15 is 0 Å². The molecule has 0 aliphatic carbocycles. The van der Waals surface area contributed by atoms with Gasteiger partial charge < -0.3 is 9.15 Å². The molecular weight excluding hydrogens is 326 g/mol. The van der Waals surface area contributed by atoms with Crippen LogP contribution in [0.3, 0.4) is 0 Å². The fourth-order valence-electron chi connectivity index (χ4n) is 2.36. The van der Waals surface area contributed by atoms with Gasteiger partial charge in [0, 0.05) is 17.1 Å². The van der Waals surface area contributed by atoms with Crippen molar-refractivity contribution in [3.63, 3.8) is 0 Å². The summed E-state index contributed by atoms with van der Waals surface area (Å²) in [6.45, 7) is 1.36. The summed E-state index contributed by atoms with van der Waals surface area (Å²) < 4.78 is 10.9. The van der Waals surface area contributed by atoms with Gasteiger partial charge in [0.05, 0.1) is 13.7 Å². The van der Waals surface area contributed by atoms with E-state index in [1.165, 1.54) is 5.56 Å². The summed E-state index contributed by atoms with van der Waals surface area (Å²) in [6.07, 6.45) is 0. The fourth-order valence-corrected chi connectivity index (χ4v) is 2.48. The third-order valence-corrected chi connectivity index (χ3v) is 3.83. The molecule has 124 valence electrons. The zero-order valence-corrected chi connectivity index (χ0v) is 14.3. The van der Waals surface area contributed by atoms with Gasteiger partial charge in [-0.05, 0) is 49.0 Å². The topological polar surface area (TPSA) is 51.4 Å². The largest absolute Gasteiger partial charge is 0.497 e. The van der Waals surface area contributed by atoms with Crippen LogP contribution in [0.4, 0.5) is 0 Å². The Labute approximate surface area is 145 Å². The number of nitrogens with zero attached hydrogens (tertiary/aromatic N) is 3. The molecule has 0 saturated heterocycles. The molecule has 5 nitrogen and oxygen atoms in total. The summed E-state index contributed by atoms with van der Waals surface area (Å²) >= 11 is 5.89. The monoisotopic (exact) mass is 343 g/mol. The number of halogens is 1. The number of hydrogen-bond acceptors (Lipinski definition) is 5. The SMILES string of the molecule is COc1ccc(CN(C)Cc2nnc(-c3ccc(Cl)cc3)o2)cc1. The van der Waals surface area contributed by atoms with E-state index in [1.54, 1.807) is 19.2 Å². The second-order valence-corrected chi connectivity index (χ2v) is 5.96. The lowest BCUT2D eigenvalue weighted by Crippen LogP contribution is -2.17. The van der Waals surface area contributed by atoms with Crippen molar-refractivity contribution in [2.24, 2.45) is 0 Å². The highest BCUT2D eigenvalue weighted by atomic mass is 35.5. The molecule has 0 spiro atoms. The van der Waals surface area contributed by atoms with E-state index < -0.39 is 0 Å². The highest BCUT2D eigenvalue weighted by Gasteiger charge is 2.11. The Morgan fingerprint density at radius 3 is 2.38 bits per heavy atom. The van der Waals surface area contributed by atoms with Gasteiger partial charge in [0.2, 0.25) is 11.8 Å². The van der Waals surface area contributed by atoms with Crippen LogP contribution in [0.5, 0.6) is 5.75 Å². The molecule has 3 rings (SSSR count). The van der Waals surface area contributed by atoms with Crippen LogP contribution in [0.1, 0.15) is 11.5 Å². The minimum atomic E-state index is 0.500. The van der Waals surface area contributed by atoms with Crippen LogP contribution >= 0.6 is 11.6 Å². The molecule has 1 heterocycles. The van der Waals surface area contributed by atoms with Crippen molar-refractivity contribution in [3.8, 4) is 17.2 Å². The Balaban J connectivity index is 1.62. The van der Waals surface area contributed by atoms with Crippen LogP contribution in [0.15, 0.2) is 52.9 Å². The van der Waals surface area contributed by atoms with E-state index in [9.17, 15) is 0 Å². The molecule has 0 aliphatic rings. The van der Waals surface area contributed by atoms with Gasteiger partial charge in [0.15, 0.2) is 0 Å². The lowest BCUT2D eigenvalue weighted by atomic mass is 10.2. The van der Waals surface area contributed by atoms with Gasteiger partial charge in [-0.3, -0.25) is 4.90 Å².